The molecule has 0 N–H and O–H groups in total. The van der Waals surface area contributed by atoms with Gasteiger partial charge in [0.25, 0.3) is 0 Å². The predicted octanol–water partition coefficient (Wildman–Crippen LogP) is 1.65. The summed E-state index contributed by atoms with van der Waals surface area (Å²) in [6, 6.07) is 0. The zero-order valence-corrected chi connectivity index (χ0v) is 5.18. The molecule has 0 saturated heterocycles. The van der Waals surface area contributed by atoms with Crippen molar-refractivity contribution in [1.29, 1.82) is 0 Å². The molecule has 0 amide bonds. The molecule has 0 radical (unpaired) electrons. The monoisotopic (exact) mass is 120 g/mol. The van der Waals surface area contributed by atoms with E-state index in [0.717, 1.165) is 17.6 Å². The first-order chi connectivity index (χ1) is 4.34. The third-order valence-electron chi connectivity index (χ3n) is 1.40. The fraction of sp³-hybridized carbons (Fsp3) is 0.250. The molecule has 0 saturated carbocycles. The fourth-order valence-electron chi connectivity index (χ4n) is 0.808. The smallest absolute Gasteiger partial charge is 0.128 e. The van der Waals surface area contributed by atoms with Gasteiger partial charge in [0.2, 0.25) is 0 Å². The minimum absolute atomic E-state index is 0.711. The van der Waals surface area contributed by atoms with E-state index in [2.05, 4.69) is 6.58 Å². The second kappa shape index (κ2) is 2.47. The Kier molecular flexibility index (Phi) is 1.66. The van der Waals surface area contributed by atoms with Crippen molar-refractivity contribution in [3.8, 4) is 0 Å². The fourth-order valence-corrected chi connectivity index (χ4v) is 0.808. The van der Waals surface area contributed by atoms with Gasteiger partial charge in [0.15, 0.2) is 0 Å². The molecule has 0 bridgehead atoms. The van der Waals surface area contributed by atoms with Crippen LogP contribution in [-0.2, 0) is 4.79 Å². The maximum absolute atomic E-state index is 10.1. The summed E-state index contributed by atoms with van der Waals surface area (Å²) >= 11 is 0. The van der Waals surface area contributed by atoms with Crippen molar-refractivity contribution in [2.45, 2.75) is 12.8 Å². The van der Waals surface area contributed by atoms with Gasteiger partial charge in [0.1, 0.15) is 5.94 Å². The van der Waals surface area contributed by atoms with Crippen LogP contribution in [-0.4, -0.2) is 5.94 Å². The van der Waals surface area contributed by atoms with Gasteiger partial charge in [0, 0.05) is 12.0 Å². The van der Waals surface area contributed by atoms with Crippen LogP contribution in [0.4, 0.5) is 0 Å². The maximum atomic E-state index is 10.1. The van der Waals surface area contributed by atoms with E-state index in [9.17, 15) is 4.79 Å². The van der Waals surface area contributed by atoms with Crippen molar-refractivity contribution in [2.24, 2.45) is 0 Å². The molecular formula is C8H8O. The lowest BCUT2D eigenvalue weighted by Crippen LogP contribution is -1.91. The summed E-state index contributed by atoms with van der Waals surface area (Å²) in [4.78, 5) is 10.1. The van der Waals surface area contributed by atoms with E-state index in [-0.39, 0.29) is 0 Å². The SMILES string of the molecule is C=C1CC=CCC1=C=O. The van der Waals surface area contributed by atoms with Gasteiger partial charge >= 0.3 is 0 Å². The third kappa shape index (κ3) is 1.18. The van der Waals surface area contributed by atoms with Crippen LogP contribution in [0, 0.1) is 0 Å². The summed E-state index contributed by atoms with van der Waals surface area (Å²) in [6.07, 6.45) is 5.50. The van der Waals surface area contributed by atoms with Crippen LogP contribution >= 0.6 is 0 Å². The lowest BCUT2D eigenvalue weighted by Gasteiger charge is -2.05. The average Bonchev–Trinajstić information content (AvgIpc) is 1.89. The number of rotatable bonds is 0. The third-order valence-corrected chi connectivity index (χ3v) is 1.40. The Bertz CT molecular complexity index is 205. The van der Waals surface area contributed by atoms with E-state index >= 15 is 0 Å². The Balaban J connectivity index is 2.88. The van der Waals surface area contributed by atoms with E-state index in [1.807, 2.05) is 18.1 Å². The first kappa shape index (κ1) is 6.06. The molecule has 1 nitrogen and oxygen atoms in total. The van der Waals surface area contributed by atoms with Gasteiger partial charge in [-0.05, 0) is 12.0 Å². The molecule has 46 valence electrons. The molecule has 1 heteroatoms. The number of hydrogen-bond acceptors (Lipinski definition) is 1. The normalized spacial score (nSPS) is 17.8. The first-order valence-corrected chi connectivity index (χ1v) is 2.91. The first-order valence-electron chi connectivity index (χ1n) is 2.91. The van der Waals surface area contributed by atoms with Crippen molar-refractivity contribution in [3.63, 3.8) is 0 Å². The van der Waals surface area contributed by atoms with E-state index in [1.165, 1.54) is 0 Å². The van der Waals surface area contributed by atoms with Crippen LogP contribution in [0.25, 0.3) is 0 Å². The highest BCUT2D eigenvalue weighted by molar-refractivity contribution is 5.62. The van der Waals surface area contributed by atoms with E-state index in [1.54, 1.807) is 0 Å². The van der Waals surface area contributed by atoms with E-state index < -0.39 is 0 Å². The zero-order valence-electron chi connectivity index (χ0n) is 5.18. The molecule has 1 rings (SSSR count). The average molecular weight is 120 g/mol. The topological polar surface area (TPSA) is 17.1 Å². The molecule has 0 atom stereocenters. The highest BCUT2D eigenvalue weighted by atomic mass is 16.1. The van der Waals surface area contributed by atoms with Gasteiger partial charge in [-0.3, -0.25) is 0 Å². The van der Waals surface area contributed by atoms with Gasteiger partial charge < -0.3 is 0 Å². The number of hydrogen-bond donors (Lipinski definition) is 0. The molecule has 1 aliphatic carbocycles. The summed E-state index contributed by atoms with van der Waals surface area (Å²) in [5.74, 6) is 1.87. The van der Waals surface area contributed by atoms with Crippen molar-refractivity contribution in [3.05, 3.63) is 29.9 Å². The molecule has 0 spiro atoms. The minimum Gasteiger partial charge on any atom is -0.233 e. The molecule has 0 aromatic rings. The second-order valence-electron chi connectivity index (χ2n) is 2.06. The van der Waals surface area contributed by atoms with Gasteiger partial charge in [-0.2, -0.15) is 0 Å². The van der Waals surface area contributed by atoms with Gasteiger partial charge in [-0.1, -0.05) is 18.7 Å². The van der Waals surface area contributed by atoms with Crippen molar-refractivity contribution in [2.75, 3.05) is 0 Å². The van der Waals surface area contributed by atoms with E-state index in [0.29, 0.717) is 6.42 Å². The van der Waals surface area contributed by atoms with Crippen LogP contribution < -0.4 is 0 Å². The lowest BCUT2D eigenvalue weighted by molar-refractivity contribution is 0.567. The Morgan fingerprint density at radius 3 is 2.56 bits per heavy atom. The molecule has 0 unspecified atom stereocenters. The summed E-state index contributed by atoms with van der Waals surface area (Å²) in [5.41, 5.74) is 1.63. The van der Waals surface area contributed by atoms with Crippen LogP contribution in [0.15, 0.2) is 29.9 Å². The Labute approximate surface area is 54.4 Å². The van der Waals surface area contributed by atoms with Gasteiger partial charge in [-0.25, -0.2) is 4.79 Å². The molecule has 9 heavy (non-hydrogen) atoms. The van der Waals surface area contributed by atoms with Gasteiger partial charge in [0.05, 0.1) is 0 Å². The summed E-state index contributed by atoms with van der Waals surface area (Å²) in [7, 11) is 0. The molecule has 0 aromatic carbocycles. The zero-order chi connectivity index (χ0) is 6.69. The Morgan fingerprint density at radius 2 is 2.11 bits per heavy atom. The molecule has 0 aromatic heterocycles. The van der Waals surface area contributed by atoms with Crippen LogP contribution in [0.2, 0.25) is 0 Å². The summed E-state index contributed by atoms with van der Waals surface area (Å²) in [5, 5.41) is 0. The number of allylic oxidation sites excluding steroid dienone is 4. The van der Waals surface area contributed by atoms with Crippen LogP contribution in [0.3, 0.4) is 0 Å². The van der Waals surface area contributed by atoms with Gasteiger partial charge in [-0.15, -0.1) is 0 Å². The molecule has 0 aliphatic heterocycles. The molecule has 1 aliphatic rings. The Morgan fingerprint density at radius 1 is 1.44 bits per heavy atom. The lowest BCUT2D eigenvalue weighted by atomic mass is 9.98. The van der Waals surface area contributed by atoms with Crippen LogP contribution in [0.5, 0.6) is 0 Å². The second-order valence-corrected chi connectivity index (χ2v) is 2.06. The highest BCUT2D eigenvalue weighted by Gasteiger charge is 2.03. The van der Waals surface area contributed by atoms with Crippen LogP contribution in [0.1, 0.15) is 12.8 Å². The molecule has 0 fully saturated rings. The summed E-state index contributed by atoms with van der Waals surface area (Å²) < 4.78 is 0. The Hall–Kier alpha value is -1.07. The maximum Gasteiger partial charge on any atom is 0.128 e. The quantitative estimate of drug-likeness (QED) is 0.351. The highest BCUT2D eigenvalue weighted by Crippen LogP contribution is 2.18. The largest absolute Gasteiger partial charge is 0.233 e. The standard InChI is InChI=1S/C8H8O/c1-7-4-2-3-5-8(7)6-9/h2-3H,1,4-5H2. The minimum atomic E-state index is 0.711. The number of carbonyl (C=O) groups excluding carboxylic acids is 1. The molecule has 0 heterocycles. The van der Waals surface area contributed by atoms with Crippen molar-refractivity contribution >= 4 is 5.94 Å². The van der Waals surface area contributed by atoms with Crippen molar-refractivity contribution < 1.29 is 4.79 Å². The predicted molar refractivity (Wildman–Crippen MR) is 36.7 cm³/mol. The summed E-state index contributed by atoms with van der Waals surface area (Å²) in [6.45, 7) is 3.72. The molecular weight excluding hydrogens is 112 g/mol. The van der Waals surface area contributed by atoms with E-state index in [4.69, 9.17) is 0 Å². The van der Waals surface area contributed by atoms with Crippen molar-refractivity contribution in [1.82, 2.24) is 0 Å².